The Bertz CT molecular complexity index is 431. The van der Waals surface area contributed by atoms with Gasteiger partial charge in [-0.15, -0.1) is 0 Å². The zero-order chi connectivity index (χ0) is 10.6. The summed E-state index contributed by atoms with van der Waals surface area (Å²) in [7, 11) is 0. The number of benzene rings is 1. The summed E-state index contributed by atoms with van der Waals surface area (Å²) in [4.78, 5) is 11.9. The van der Waals surface area contributed by atoms with Gasteiger partial charge in [0.1, 0.15) is 0 Å². The summed E-state index contributed by atoms with van der Waals surface area (Å²) in [6.07, 6.45) is 1.81. The highest BCUT2D eigenvalue weighted by Gasteiger charge is 2.59. The van der Waals surface area contributed by atoms with E-state index >= 15 is 0 Å². The van der Waals surface area contributed by atoms with Crippen molar-refractivity contribution in [2.45, 2.75) is 32.6 Å². The van der Waals surface area contributed by atoms with Gasteiger partial charge < -0.3 is 0 Å². The molecule has 0 spiro atoms. The van der Waals surface area contributed by atoms with Crippen molar-refractivity contribution in [3.63, 3.8) is 0 Å². The molecule has 0 heterocycles. The maximum atomic E-state index is 11.9. The average molecular weight is 200 g/mol. The van der Waals surface area contributed by atoms with E-state index in [1.165, 1.54) is 5.56 Å². The van der Waals surface area contributed by atoms with E-state index in [1.807, 2.05) is 12.1 Å². The molecule has 3 rings (SSSR count). The summed E-state index contributed by atoms with van der Waals surface area (Å²) < 4.78 is 0. The van der Waals surface area contributed by atoms with Crippen LogP contribution in [-0.4, -0.2) is 5.78 Å². The van der Waals surface area contributed by atoms with E-state index in [1.54, 1.807) is 0 Å². The topological polar surface area (TPSA) is 17.1 Å². The Balaban J connectivity index is 2.14. The molecule has 1 fully saturated rings. The van der Waals surface area contributed by atoms with Gasteiger partial charge >= 0.3 is 0 Å². The smallest absolute Gasteiger partial charge is 0.163 e. The van der Waals surface area contributed by atoms with Crippen molar-refractivity contribution in [2.75, 3.05) is 0 Å². The maximum absolute atomic E-state index is 11.9. The van der Waals surface area contributed by atoms with Crippen molar-refractivity contribution in [3.05, 3.63) is 35.4 Å². The van der Waals surface area contributed by atoms with Crippen LogP contribution in [0, 0.1) is 11.3 Å². The summed E-state index contributed by atoms with van der Waals surface area (Å²) in [5, 5.41) is 0. The molecule has 2 aliphatic rings. The number of carbonyl (C=O) groups excluding carboxylic acids is 1. The molecule has 0 aromatic heterocycles. The van der Waals surface area contributed by atoms with E-state index in [2.05, 4.69) is 26.0 Å². The highest BCUT2D eigenvalue weighted by atomic mass is 16.1. The Hall–Kier alpha value is -1.11. The Morgan fingerprint density at radius 1 is 1.27 bits per heavy atom. The Kier molecular flexibility index (Phi) is 1.66. The average Bonchev–Trinajstić information content (AvgIpc) is 2.81. The monoisotopic (exact) mass is 200 g/mol. The molecular formula is C14H16O. The van der Waals surface area contributed by atoms with Crippen molar-refractivity contribution in [2.24, 2.45) is 11.3 Å². The van der Waals surface area contributed by atoms with Crippen molar-refractivity contribution >= 4 is 5.78 Å². The molecule has 15 heavy (non-hydrogen) atoms. The first-order valence-electron chi connectivity index (χ1n) is 5.74. The third-order valence-electron chi connectivity index (χ3n) is 4.33. The lowest BCUT2D eigenvalue weighted by molar-refractivity contribution is 0.0978. The molecule has 1 saturated carbocycles. The molecule has 0 amide bonds. The van der Waals surface area contributed by atoms with Crippen molar-refractivity contribution < 1.29 is 4.79 Å². The molecule has 2 atom stereocenters. The first-order valence-corrected chi connectivity index (χ1v) is 5.74. The van der Waals surface area contributed by atoms with Crippen LogP contribution in [0.1, 0.15) is 48.5 Å². The molecular weight excluding hydrogens is 184 g/mol. The summed E-state index contributed by atoms with van der Waals surface area (Å²) in [5.74, 6) is 1.69. The number of carbonyl (C=O) groups is 1. The summed E-state index contributed by atoms with van der Waals surface area (Å²) in [6.45, 7) is 4.66. The van der Waals surface area contributed by atoms with Gasteiger partial charge in [0.15, 0.2) is 5.78 Å². The lowest BCUT2D eigenvalue weighted by Crippen LogP contribution is -2.04. The van der Waals surface area contributed by atoms with Gasteiger partial charge in [-0.3, -0.25) is 4.79 Å². The lowest BCUT2D eigenvalue weighted by Gasteiger charge is -2.09. The van der Waals surface area contributed by atoms with Crippen LogP contribution < -0.4 is 0 Å². The molecule has 1 aromatic carbocycles. The van der Waals surface area contributed by atoms with E-state index in [-0.39, 0.29) is 0 Å². The maximum Gasteiger partial charge on any atom is 0.163 e. The minimum atomic E-state index is 0.341. The molecule has 1 nitrogen and oxygen atoms in total. The molecule has 0 saturated heterocycles. The third kappa shape index (κ3) is 1.12. The fourth-order valence-corrected chi connectivity index (χ4v) is 3.34. The van der Waals surface area contributed by atoms with Crippen molar-refractivity contribution in [3.8, 4) is 0 Å². The minimum absolute atomic E-state index is 0.341. The summed E-state index contributed by atoms with van der Waals surface area (Å²) in [6, 6.07) is 8.18. The van der Waals surface area contributed by atoms with Gasteiger partial charge in [-0.25, -0.2) is 0 Å². The van der Waals surface area contributed by atoms with Gasteiger partial charge in [-0.2, -0.15) is 0 Å². The zero-order valence-corrected chi connectivity index (χ0v) is 9.29. The predicted molar refractivity (Wildman–Crippen MR) is 60.0 cm³/mol. The molecule has 1 aromatic rings. The van der Waals surface area contributed by atoms with Crippen LogP contribution in [0.4, 0.5) is 0 Å². The van der Waals surface area contributed by atoms with Gasteiger partial charge in [0.25, 0.3) is 0 Å². The van der Waals surface area contributed by atoms with Crippen molar-refractivity contribution in [1.29, 1.82) is 0 Å². The standard InChI is InChI=1S/C14H16O/c1-14(2)11-7-8-12(15)9-5-3-4-6-10(9)13(11)14/h3-6,11,13H,7-8H2,1-2H3/t11-,13-/m0/s1. The quantitative estimate of drug-likeness (QED) is 0.627. The lowest BCUT2D eigenvalue weighted by atomic mass is 9.94. The van der Waals surface area contributed by atoms with Gasteiger partial charge in [0.05, 0.1) is 0 Å². The Morgan fingerprint density at radius 3 is 2.80 bits per heavy atom. The van der Waals surface area contributed by atoms with E-state index < -0.39 is 0 Å². The van der Waals surface area contributed by atoms with Crippen LogP contribution in [0.5, 0.6) is 0 Å². The normalized spacial score (nSPS) is 31.5. The van der Waals surface area contributed by atoms with Crippen LogP contribution in [0.15, 0.2) is 24.3 Å². The van der Waals surface area contributed by atoms with Gasteiger partial charge in [-0.1, -0.05) is 38.1 Å². The van der Waals surface area contributed by atoms with E-state index in [0.717, 1.165) is 24.3 Å². The number of Topliss-reactive ketones (excluding diaryl/α,β-unsaturated/α-hetero) is 1. The highest BCUT2D eigenvalue weighted by Crippen LogP contribution is 2.67. The molecule has 0 bridgehead atoms. The molecule has 78 valence electrons. The highest BCUT2D eigenvalue weighted by molar-refractivity contribution is 5.98. The van der Waals surface area contributed by atoms with E-state index in [9.17, 15) is 4.79 Å². The molecule has 0 unspecified atom stereocenters. The number of ketones is 1. The van der Waals surface area contributed by atoms with Crippen molar-refractivity contribution in [1.82, 2.24) is 0 Å². The van der Waals surface area contributed by atoms with Crippen LogP contribution in [0.3, 0.4) is 0 Å². The third-order valence-corrected chi connectivity index (χ3v) is 4.33. The Morgan fingerprint density at radius 2 is 2.00 bits per heavy atom. The fourth-order valence-electron chi connectivity index (χ4n) is 3.34. The van der Waals surface area contributed by atoms with E-state index in [0.29, 0.717) is 17.1 Å². The number of hydrogen-bond acceptors (Lipinski definition) is 1. The zero-order valence-electron chi connectivity index (χ0n) is 9.29. The van der Waals surface area contributed by atoms with Gasteiger partial charge in [0, 0.05) is 12.0 Å². The molecule has 0 radical (unpaired) electrons. The number of rotatable bonds is 0. The summed E-state index contributed by atoms with van der Waals surface area (Å²) >= 11 is 0. The van der Waals surface area contributed by atoms with Crippen LogP contribution in [-0.2, 0) is 0 Å². The SMILES string of the molecule is CC1(C)[C@H]2CCC(=O)c3ccccc3[C@@H]21. The van der Waals surface area contributed by atoms with E-state index in [4.69, 9.17) is 0 Å². The van der Waals surface area contributed by atoms with Gasteiger partial charge in [-0.05, 0) is 29.2 Å². The van der Waals surface area contributed by atoms with Gasteiger partial charge in [0.2, 0.25) is 0 Å². The second-order valence-electron chi connectivity index (χ2n) is 5.45. The first kappa shape index (κ1) is 9.14. The first-order chi connectivity index (χ1) is 7.12. The Labute approximate surface area is 90.5 Å². The summed E-state index contributed by atoms with van der Waals surface area (Å²) in [5.41, 5.74) is 2.70. The molecule has 1 heteroatoms. The predicted octanol–water partition coefficient (Wildman–Crippen LogP) is 3.40. The molecule has 0 N–H and O–H groups in total. The molecule has 2 aliphatic carbocycles. The van der Waals surface area contributed by atoms with Crippen LogP contribution >= 0.6 is 0 Å². The second-order valence-corrected chi connectivity index (χ2v) is 5.45. The van der Waals surface area contributed by atoms with Crippen LogP contribution in [0.2, 0.25) is 0 Å². The minimum Gasteiger partial charge on any atom is -0.294 e. The largest absolute Gasteiger partial charge is 0.294 e. The second kappa shape index (κ2) is 2.72. The van der Waals surface area contributed by atoms with Crippen LogP contribution in [0.25, 0.3) is 0 Å². The molecule has 0 aliphatic heterocycles. The fraction of sp³-hybridized carbons (Fsp3) is 0.500. The number of fused-ring (bicyclic) bond motifs is 3. The number of hydrogen-bond donors (Lipinski definition) is 0.